The predicted molar refractivity (Wildman–Crippen MR) is 107 cm³/mol. The molecule has 0 saturated heterocycles. The highest BCUT2D eigenvalue weighted by atomic mass is 35.5. The van der Waals surface area contributed by atoms with Crippen molar-refractivity contribution in [2.24, 2.45) is 4.99 Å². The number of nitrogens with zero attached hydrogens (tertiary/aromatic N) is 2. The number of carbonyl (C=O) groups excluding carboxylic acids is 1. The minimum atomic E-state index is -0.271. The molecule has 0 aliphatic heterocycles. The van der Waals surface area contributed by atoms with Crippen LogP contribution in [0.3, 0.4) is 0 Å². The fourth-order valence-corrected chi connectivity index (χ4v) is 3.98. The van der Waals surface area contributed by atoms with Gasteiger partial charge in [0.05, 0.1) is 27.2 Å². The molecule has 1 heterocycles. The lowest BCUT2D eigenvalue weighted by Crippen LogP contribution is -2.17. The molecule has 0 unspecified atom stereocenters. The number of rotatable bonds is 5. The number of hydrogen-bond donors (Lipinski definition) is 0. The summed E-state index contributed by atoms with van der Waals surface area (Å²) in [5.74, 6) is 3.65. The Morgan fingerprint density at radius 1 is 1.19 bits per heavy atom. The molecule has 3 rings (SSSR count). The lowest BCUT2D eigenvalue weighted by Gasteiger charge is -2.08. The third-order valence-corrected chi connectivity index (χ3v) is 5.28. The maximum atomic E-state index is 12.5. The molecule has 2 aromatic carbocycles. The number of thiazole rings is 1. The molecule has 0 aliphatic rings. The number of methoxy groups -OCH3 is 2. The number of ether oxygens (including phenoxy) is 2. The highest BCUT2D eigenvalue weighted by Crippen LogP contribution is 2.35. The lowest BCUT2D eigenvalue weighted by atomic mass is 10.1. The zero-order valence-electron chi connectivity index (χ0n) is 14.9. The summed E-state index contributed by atoms with van der Waals surface area (Å²) < 4.78 is 13.5. The van der Waals surface area contributed by atoms with Crippen molar-refractivity contribution >= 4 is 39.1 Å². The first-order valence-corrected chi connectivity index (χ1v) is 9.26. The Kier molecular flexibility index (Phi) is 5.84. The Bertz CT molecular complexity index is 1090. The molecule has 0 saturated carbocycles. The maximum absolute atomic E-state index is 12.5. The van der Waals surface area contributed by atoms with Crippen LogP contribution in [0.1, 0.15) is 5.56 Å². The largest absolute Gasteiger partial charge is 0.495 e. The van der Waals surface area contributed by atoms with Crippen molar-refractivity contribution in [1.82, 2.24) is 4.57 Å². The van der Waals surface area contributed by atoms with Crippen molar-refractivity contribution in [3.05, 3.63) is 51.8 Å². The fraction of sp³-hybridized carbons (Fsp3) is 0.200. The van der Waals surface area contributed by atoms with Crippen LogP contribution in [0.4, 0.5) is 0 Å². The highest BCUT2D eigenvalue weighted by molar-refractivity contribution is 7.16. The van der Waals surface area contributed by atoms with E-state index in [1.165, 1.54) is 11.3 Å². The molecule has 0 fully saturated rings. The van der Waals surface area contributed by atoms with Gasteiger partial charge in [-0.1, -0.05) is 41.0 Å². The van der Waals surface area contributed by atoms with Crippen molar-refractivity contribution in [3.8, 4) is 23.8 Å². The summed E-state index contributed by atoms with van der Waals surface area (Å²) in [7, 11) is 3.18. The molecule has 0 N–H and O–H groups in total. The first-order valence-electron chi connectivity index (χ1n) is 8.07. The third kappa shape index (κ3) is 4.00. The van der Waals surface area contributed by atoms with Crippen LogP contribution in [-0.4, -0.2) is 24.7 Å². The molecule has 5 nitrogen and oxygen atoms in total. The van der Waals surface area contributed by atoms with Gasteiger partial charge in [0.1, 0.15) is 21.7 Å². The summed E-state index contributed by atoms with van der Waals surface area (Å²) in [6.07, 6.45) is 5.71. The van der Waals surface area contributed by atoms with E-state index in [-0.39, 0.29) is 18.9 Å². The number of halogens is 1. The molecule has 0 aliphatic carbocycles. The van der Waals surface area contributed by atoms with Crippen LogP contribution < -0.4 is 14.3 Å². The number of fused-ring (bicyclic) bond motifs is 1. The van der Waals surface area contributed by atoms with Crippen LogP contribution in [0.2, 0.25) is 5.02 Å². The molecule has 0 spiro atoms. The quantitative estimate of drug-likeness (QED) is 0.614. The van der Waals surface area contributed by atoms with E-state index < -0.39 is 0 Å². The van der Waals surface area contributed by atoms with E-state index in [1.54, 1.807) is 37.0 Å². The SMILES string of the molecule is C#CCn1c(=NC(=O)Cc2ccc(Cl)cc2)sc2c(OC)ccc(OC)c21. The number of benzene rings is 2. The van der Waals surface area contributed by atoms with Crippen LogP contribution in [0.25, 0.3) is 10.2 Å². The van der Waals surface area contributed by atoms with Crippen molar-refractivity contribution in [2.75, 3.05) is 14.2 Å². The summed E-state index contributed by atoms with van der Waals surface area (Å²) in [6, 6.07) is 10.7. The second-order valence-electron chi connectivity index (χ2n) is 5.63. The van der Waals surface area contributed by atoms with Gasteiger partial charge in [-0.3, -0.25) is 4.79 Å². The molecule has 138 valence electrons. The topological polar surface area (TPSA) is 52.8 Å². The van der Waals surface area contributed by atoms with Gasteiger partial charge in [-0.05, 0) is 29.8 Å². The molecule has 0 bridgehead atoms. The smallest absolute Gasteiger partial charge is 0.252 e. The Morgan fingerprint density at radius 2 is 1.85 bits per heavy atom. The van der Waals surface area contributed by atoms with E-state index in [1.807, 2.05) is 18.2 Å². The van der Waals surface area contributed by atoms with E-state index in [0.29, 0.717) is 21.3 Å². The average molecular weight is 401 g/mol. The van der Waals surface area contributed by atoms with Gasteiger partial charge in [-0.15, -0.1) is 6.42 Å². The number of amides is 1. The molecular formula is C20H17ClN2O3S. The van der Waals surface area contributed by atoms with Gasteiger partial charge < -0.3 is 14.0 Å². The Labute approximate surface area is 165 Å². The number of terminal acetylenes is 1. The van der Waals surface area contributed by atoms with E-state index >= 15 is 0 Å². The molecule has 7 heteroatoms. The molecular weight excluding hydrogens is 384 g/mol. The number of carbonyl (C=O) groups is 1. The number of hydrogen-bond acceptors (Lipinski definition) is 4. The second kappa shape index (κ2) is 8.30. The summed E-state index contributed by atoms with van der Waals surface area (Å²) in [5.41, 5.74) is 1.60. The van der Waals surface area contributed by atoms with Gasteiger partial charge in [-0.2, -0.15) is 4.99 Å². The van der Waals surface area contributed by atoms with Crippen molar-refractivity contribution in [1.29, 1.82) is 0 Å². The first kappa shape index (κ1) is 19.0. The predicted octanol–water partition coefficient (Wildman–Crippen LogP) is 3.68. The summed E-state index contributed by atoms with van der Waals surface area (Å²) >= 11 is 7.22. The maximum Gasteiger partial charge on any atom is 0.252 e. The van der Waals surface area contributed by atoms with Gasteiger partial charge in [0.2, 0.25) is 0 Å². The van der Waals surface area contributed by atoms with Crippen molar-refractivity contribution < 1.29 is 14.3 Å². The van der Waals surface area contributed by atoms with Crippen molar-refractivity contribution in [2.45, 2.75) is 13.0 Å². The Morgan fingerprint density at radius 3 is 2.48 bits per heavy atom. The lowest BCUT2D eigenvalue weighted by molar-refractivity contribution is -0.117. The van der Waals surface area contributed by atoms with Crippen LogP contribution in [-0.2, 0) is 17.8 Å². The standard InChI is InChI=1S/C20H17ClN2O3S/c1-4-11-23-18-15(25-2)9-10-16(26-3)19(18)27-20(23)22-17(24)12-13-5-7-14(21)8-6-13/h1,5-10H,11-12H2,2-3H3. The fourth-order valence-electron chi connectivity index (χ4n) is 2.70. The van der Waals surface area contributed by atoms with E-state index in [2.05, 4.69) is 10.9 Å². The number of aromatic nitrogens is 1. The van der Waals surface area contributed by atoms with Gasteiger partial charge in [0.25, 0.3) is 5.91 Å². The van der Waals surface area contributed by atoms with E-state index in [9.17, 15) is 4.79 Å². The van der Waals surface area contributed by atoms with Gasteiger partial charge >= 0.3 is 0 Å². The molecule has 1 aromatic heterocycles. The van der Waals surface area contributed by atoms with E-state index in [0.717, 1.165) is 15.8 Å². The van der Waals surface area contributed by atoms with Crippen LogP contribution in [0, 0.1) is 12.3 Å². The highest BCUT2D eigenvalue weighted by Gasteiger charge is 2.16. The van der Waals surface area contributed by atoms with E-state index in [4.69, 9.17) is 27.5 Å². The summed E-state index contributed by atoms with van der Waals surface area (Å²) in [6.45, 7) is 0.261. The molecule has 0 radical (unpaired) electrons. The Hall–Kier alpha value is -2.75. The average Bonchev–Trinajstić information content (AvgIpc) is 3.01. The second-order valence-corrected chi connectivity index (χ2v) is 7.05. The summed E-state index contributed by atoms with van der Waals surface area (Å²) in [5, 5.41) is 0.624. The zero-order chi connectivity index (χ0) is 19.4. The molecule has 1 amide bonds. The van der Waals surface area contributed by atoms with Gasteiger partial charge in [0.15, 0.2) is 4.80 Å². The summed E-state index contributed by atoms with van der Waals surface area (Å²) in [4.78, 5) is 17.3. The minimum Gasteiger partial charge on any atom is -0.495 e. The van der Waals surface area contributed by atoms with Crippen molar-refractivity contribution in [3.63, 3.8) is 0 Å². The van der Waals surface area contributed by atoms with Crippen LogP contribution in [0.5, 0.6) is 11.5 Å². The zero-order valence-corrected chi connectivity index (χ0v) is 16.4. The van der Waals surface area contributed by atoms with Crippen LogP contribution >= 0.6 is 22.9 Å². The monoisotopic (exact) mass is 400 g/mol. The molecule has 0 atom stereocenters. The molecule has 3 aromatic rings. The van der Waals surface area contributed by atoms with Gasteiger partial charge in [-0.25, -0.2) is 0 Å². The van der Waals surface area contributed by atoms with Crippen LogP contribution in [0.15, 0.2) is 41.4 Å². The molecule has 27 heavy (non-hydrogen) atoms. The third-order valence-electron chi connectivity index (χ3n) is 3.93. The normalized spacial score (nSPS) is 11.4. The van der Waals surface area contributed by atoms with Gasteiger partial charge in [0, 0.05) is 5.02 Å². The Balaban J connectivity index is 2.10. The minimum absolute atomic E-state index is 0.176. The first-order chi connectivity index (χ1) is 13.1.